The average molecular weight is 418 g/mol. The lowest BCUT2D eigenvalue weighted by Crippen LogP contribution is -2.54. The summed E-state index contributed by atoms with van der Waals surface area (Å²) in [6.45, 7) is 2.32. The smallest absolute Gasteiger partial charge is 0.363 e. The standard InChI is InChI=1S/C23H22N4O4/c28-22-19(26-21(31-22)18-8-4-5-15-9-12-30-20(15)18)13-17-14-24-10-11-27(17)23(29)25-16-6-2-1-3-7-16/h1-8,13,17,24H,9-12,14H2,(H,25,29). The number of carbonyl (C=O) groups is 2. The molecule has 3 heterocycles. The summed E-state index contributed by atoms with van der Waals surface area (Å²) in [5.74, 6) is 0.428. The van der Waals surface area contributed by atoms with E-state index >= 15 is 0 Å². The molecular weight excluding hydrogens is 396 g/mol. The van der Waals surface area contributed by atoms with Gasteiger partial charge in [0.15, 0.2) is 5.70 Å². The van der Waals surface area contributed by atoms with Crippen molar-refractivity contribution in [2.75, 3.05) is 31.6 Å². The van der Waals surface area contributed by atoms with Crippen LogP contribution in [0.15, 0.2) is 65.3 Å². The topological polar surface area (TPSA) is 92.3 Å². The van der Waals surface area contributed by atoms with Crippen molar-refractivity contribution < 1.29 is 19.1 Å². The second-order valence-corrected chi connectivity index (χ2v) is 7.51. The predicted molar refractivity (Wildman–Crippen MR) is 115 cm³/mol. The number of amides is 2. The molecular formula is C23H22N4O4. The van der Waals surface area contributed by atoms with Crippen molar-refractivity contribution >= 4 is 23.6 Å². The van der Waals surface area contributed by atoms with Crippen molar-refractivity contribution in [1.29, 1.82) is 0 Å². The minimum absolute atomic E-state index is 0.191. The molecule has 1 saturated heterocycles. The highest BCUT2D eigenvalue weighted by Crippen LogP contribution is 2.32. The van der Waals surface area contributed by atoms with Crippen LogP contribution in [-0.4, -0.2) is 55.1 Å². The maximum absolute atomic E-state index is 12.8. The van der Waals surface area contributed by atoms with E-state index in [1.165, 1.54) is 0 Å². The number of esters is 1. The van der Waals surface area contributed by atoms with Gasteiger partial charge in [-0.05, 0) is 29.8 Å². The van der Waals surface area contributed by atoms with Gasteiger partial charge in [0.05, 0.1) is 18.2 Å². The van der Waals surface area contributed by atoms with E-state index in [9.17, 15) is 9.59 Å². The number of anilines is 1. The first kappa shape index (κ1) is 19.3. The van der Waals surface area contributed by atoms with Crippen LogP contribution in [0, 0.1) is 0 Å². The first-order chi connectivity index (χ1) is 15.2. The van der Waals surface area contributed by atoms with Crippen LogP contribution in [0.1, 0.15) is 11.1 Å². The minimum Gasteiger partial charge on any atom is -0.492 e. The Balaban J connectivity index is 1.38. The van der Waals surface area contributed by atoms with Crippen LogP contribution in [0.4, 0.5) is 10.5 Å². The van der Waals surface area contributed by atoms with Gasteiger partial charge in [-0.3, -0.25) is 0 Å². The summed E-state index contributed by atoms with van der Waals surface area (Å²) in [7, 11) is 0. The number of nitrogens with zero attached hydrogens (tertiary/aromatic N) is 2. The summed E-state index contributed by atoms with van der Waals surface area (Å²) in [4.78, 5) is 31.5. The molecule has 0 spiro atoms. The first-order valence-corrected chi connectivity index (χ1v) is 10.3. The molecule has 1 atom stereocenters. The van der Waals surface area contributed by atoms with Gasteiger partial charge in [0.25, 0.3) is 0 Å². The van der Waals surface area contributed by atoms with Gasteiger partial charge < -0.3 is 25.0 Å². The fraction of sp³-hybridized carbons (Fsp3) is 0.261. The molecule has 2 N–H and O–H groups in total. The summed E-state index contributed by atoms with van der Waals surface area (Å²) < 4.78 is 11.1. The van der Waals surface area contributed by atoms with Crippen LogP contribution >= 0.6 is 0 Å². The lowest BCUT2D eigenvalue weighted by atomic mass is 10.1. The second-order valence-electron chi connectivity index (χ2n) is 7.51. The van der Waals surface area contributed by atoms with Crippen LogP contribution in [0.25, 0.3) is 0 Å². The van der Waals surface area contributed by atoms with Gasteiger partial charge in [0.2, 0.25) is 5.90 Å². The number of piperazine rings is 1. The molecule has 2 amide bonds. The van der Waals surface area contributed by atoms with E-state index < -0.39 is 5.97 Å². The van der Waals surface area contributed by atoms with Gasteiger partial charge in [-0.1, -0.05) is 30.3 Å². The summed E-state index contributed by atoms with van der Waals surface area (Å²) in [5.41, 5.74) is 2.66. The summed E-state index contributed by atoms with van der Waals surface area (Å²) >= 11 is 0. The van der Waals surface area contributed by atoms with Crippen molar-refractivity contribution in [3.63, 3.8) is 0 Å². The molecule has 3 aliphatic rings. The monoisotopic (exact) mass is 418 g/mol. The summed E-state index contributed by atoms with van der Waals surface area (Å²) in [5, 5.41) is 6.16. The van der Waals surface area contributed by atoms with Gasteiger partial charge in [-0.25, -0.2) is 14.6 Å². The van der Waals surface area contributed by atoms with Gasteiger partial charge in [-0.2, -0.15) is 0 Å². The molecule has 3 aliphatic heterocycles. The van der Waals surface area contributed by atoms with Crippen molar-refractivity contribution in [2.24, 2.45) is 4.99 Å². The summed E-state index contributed by atoms with van der Waals surface area (Å²) in [6, 6.07) is 14.5. The number of rotatable bonds is 3. The quantitative estimate of drug-likeness (QED) is 0.590. The van der Waals surface area contributed by atoms with E-state index in [-0.39, 0.29) is 23.7 Å². The third kappa shape index (κ3) is 3.89. The number of nitrogens with one attached hydrogen (secondary N) is 2. The number of cyclic esters (lactones) is 1. The zero-order valence-electron chi connectivity index (χ0n) is 16.8. The fourth-order valence-electron chi connectivity index (χ4n) is 3.95. The lowest BCUT2D eigenvalue weighted by molar-refractivity contribution is -0.130. The third-order valence-electron chi connectivity index (χ3n) is 5.48. The normalized spacial score (nSPS) is 21.4. The fourth-order valence-corrected chi connectivity index (χ4v) is 3.95. The van der Waals surface area contributed by atoms with Gasteiger partial charge in [0, 0.05) is 31.7 Å². The molecule has 0 aliphatic carbocycles. The Morgan fingerprint density at radius 2 is 2.06 bits per heavy atom. The van der Waals surface area contributed by atoms with E-state index in [1.807, 2.05) is 48.5 Å². The third-order valence-corrected chi connectivity index (χ3v) is 5.48. The minimum atomic E-state index is -0.528. The van der Waals surface area contributed by atoms with Crippen LogP contribution in [-0.2, 0) is 16.0 Å². The first-order valence-electron chi connectivity index (χ1n) is 10.3. The highest BCUT2D eigenvalue weighted by atomic mass is 16.6. The number of para-hydroxylation sites is 2. The molecule has 0 aromatic heterocycles. The number of fused-ring (bicyclic) bond motifs is 1. The Morgan fingerprint density at radius 1 is 1.19 bits per heavy atom. The Bertz CT molecular complexity index is 1080. The van der Waals surface area contributed by atoms with Crippen molar-refractivity contribution in [1.82, 2.24) is 10.2 Å². The van der Waals surface area contributed by atoms with Crippen LogP contribution < -0.4 is 15.4 Å². The number of urea groups is 1. The molecule has 8 heteroatoms. The maximum Gasteiger partial charge on any atom is 0.363 e. The van der Waals surface area contributed by atoms with Gasteiger partial charge in [0.1, 0.15) is 5.75 Å². The highest BCUT2D eigenvalue weighted by molar-refractivity contribution is 6.12. The Kier molecular flexibility index (Phi) is 5.13. The average Bonchev–Trinajstić information content (AvgIpc) is 3.41. The zero-order chi connectivity index (χ0) is 21.2. The van der Waals surface area contributed by atoms with Crippen molar-refractivity contribution in [2.45, 2.75) is 12.5 Å². The Hall–Kier alpha value is -3.65. The van der Waals surface area contributed by atoms with Gasteiger partial charge in [-0.15, -0.1) is 0 Å². The largest absolute Gasteiger partial charge is 0.492 e. The molecule has 31 heavy (non-hydrogen) atoms. The summed E-state index contributed by atoms with van der Waals surface area (Å²) in [6.07, 6.45) is 2.52. The number of hydrogen-bond acceptors (Lipinski definition) is 6. The van der Waals surface area contributed by atoms with E-state index in [4.69, 9.17) is 9.47 Å². The molecule has 0 bridgehead atoms. The lowest BCUT2D eigenvalue weighted by Gasteiger charge is -2.34. The molecule has 5 rings (SSSR count). The van der Waals surface area contributed by atoms with E-state index in [1.54, 1.807) is 11.0 Å². The number of ether oxygens (including phenoxy) is 2. The highest BCUT2D eigenvalue weighted by Gasteiger charge is 2.32. The van der Waals surface area contributed by atoms with Gasteiger partial charge >= 0.3 is 12.0 Å². The van der Waals surface area contributed by atoms with Crippen LogP contribution in [0.3, 0.4) is 0 Å². The number of hydrogen-bond donors (Lipinski definition) is 2. The number of carbonyl (C=O) groups excluding carboxylic acids is 2. The molecule has 1 unspecified atom stereocenters. The number of aliphatic imine (C=N–C) groups is 1. The van der Waals surface area contributed by atoms with Crippen LogP contribution in [0.5, 0.6) is 5.75 Å². The van der Waals surface area contributed by atoms with Crippen molar-refractivity contribution in [3.8, 4) is 5.75 Å². The SMILES string of the molecule is O=C1OC(c2cccc3c2OCC3)=NC1=CC1CNCCN1C(=O)Nc1ccccc1. The van der Waals surface area contributed by atoms with Crippen molar-refractivity contribution in [3.05, 3.63) is 71.4 Å². The second kappa shape index (κ2) is 8.23. The Labute approximate surface area is 179 Å². The Morgan fingerprint density at radius 3 is 2.94 bits per heavy atom. The van der Waals surface area contributed by atoms with E-state index in [2.05, 4.69) is 15.6 Å². The number of benzene rings is 2. The molecule has 2 aromatic carbocycles. The zero-order valence-corrected chi connectivity index (χ0v) is 16.8. The van der Waals surface area contributed by atoms with E-state index in [0.717, 1.165) is 23.4 Å². The van der Waals surface area contributed by atoms with E-state index in [0.29, 0.717) is 31.8 Å². The molecule has 0 radical (unpaired) electrons. The molecule has 158 valence electrons. The van der Waals surface area contributed by atoms with Crippen LogP contribution in [0.2, 0.25) is 0 Å². The molecule has 0 saturated carbocycles. The molecule has 8 nitrogen and oxygen atoms in total. The maximum atomic E-state index is 12.8. The molecule has 2 aromatic rings. The molecule has 1 fully saturated rings. The predicted octanol–water partition coefficient (Wildman–Crippen LogP) is 2.31.